The summed E-state index contributed by atoms with van der Waals surface area (Å²) in [7, 11) is 0. The van der Waals surface area contributed by atoms with Crippen molar-refractivity contribution >= 4 is 13.5 Å². The van der Waals surface area contributed by atoms with Crippen molar-refractivity contribution in [2.75, 3.05) is 39.5 Å². The molecule has 0 radical (unpaired) electrons. The minimum absolute atomic E-state index is 0. The lowest BCUT2D eigenvalue weighted by Gasteiger charge is -2.08. The van der Waals surface area contributed by atoms with E-state index < -0.39 is 0 Å². The van der Waals surface area contributed by atoms with Crippen molar-refractivity contribution < 1.29 is 10.9 Å². The van der Waals surface area contributed by atoms with E-state index in [0.717, 1.165) is 38.8 Å². The molecule has 0 aliphatic carbocycles. The van der Waals surface area contributed by atoms with Gasteiger partial charge < -0.3 is 14.8 Å². The first-order chi connectivity index (χ1) is 7.81. The zero-order chi connectivity index (χ0) is 12.1. The molecule has 3 nitrogen and oxygen atoms in total. The van der Waals surface area contributed by atoms with Gasteiger partial charge in [-0.1, -0.05) is 27.2 Å². The monoisotopic (exact) mass is 267 g/mol. The van der Waals surface area contributed by atoms with Crippen LogP contribution in [0.3, 0.4) is 0 Å². The molecule has 0 aromatic rings. The van der Waals surface area contributed by atoms with Crippen molar-refractivity contribution in [2.24, 2.45) is 5.92 Å². The largest absolute Gasteiger partial charge is 0.379 e. The molecule has 0 heterocycles. The first kappa shape index (κ1) is 19.6. The maximum absolute atomic E-state index is 5.49. The third kappa shape index (κ3) is 16.2. The summed E-state index contributed by atoms with van der Waals surface area (Å²) >= 11 is 0. The van der Waals surface area contributed by atoms with Crippen molar-refractivity contribution in [2.45, 2.75) is 40.0 Å². The molecule has 17 heavy (non-hydrogen) atoms. The third-order valence-electron chi connectivity index (χ3n) is 2.73. The van der Waals surface area contributed by atoms with Crippen LogP contribution in [0.1, 0.15) is 41.5 Å². The third-order valence-corrected chi connectivity index (χ3v) is 2.73. The summed E-state index contributed by atoms with van der Waals surface area (Å²) in [6, 6.07) is 0. The highest BCUT2D eigenvalue weighted by atomic mass is 32.1. The Labute approximate surface area is 116 Å². The van der Waals surface area contributed by atoms with Crippen molar-refractivity contribution in [3.8, 4) is 0 Å². The van der Waals surface area contributed by atoms with Crippen LogP contribution < -0.4 is 5.32 Å². The summed E-state index contributed by atoms with van der Waals surface area (Å²) in [4.78, 5) is 0. The smallest absolute Gasteiger partial charge is 0.0701 e. The molecule has 0 fully saturated rings. The van der Waals surface area contributed by atoms with Crippen LogP contribution in [-0.4, -0.2) is 39.5 Å². The van der Waals surface area contributed by atoms with Gasteiger partial charge in [0, 0.05) is 14.6 Å². The number of hydrogen-bond donors (Lipinski definition) is 1. The molecule has 0 bridgehead atoms. The molecule has 4 heteroatoms. The fourth-order valence-corrected chi connectivity index (χ4v) is 1.38. The Morgan fingerprint density at radius 1 is 1.06 bits per heavy atom. The van der Waals surface area contributed by atoms with E-state index in [4.69, 9.17) is 9.47 Å². The molecular formula is C13H33NO2S. The molecule has 0 aliphatic heterocycles. The molecule has 1 N–H and O–H groups in total. The SMILES string of the molecule is CCNCCOCCOCCCC(C)CC.S.[HH]. The van der Waals surface area contributed by atoms with Crippen LogP contribution in [0.25, 0.3) is 0 Å². The van der Waals surface area contributed by atoms with Gasteiger partial charge in [-0.05, 0) is 25.3 Å². The molecule has 0 rings (SSSR count). The quantitative estimate of drug-likeness (QED) is 0.552. The van der Waals surface area contributed by atoms with E-state index in [1.54, 1.807) is 0 Å². The standard InChI is InChI=1S/C13H29NO2.H2S.H2/c1-4-13(3)7-6-9-15-11-12-16-10-8-14-5-2;;/h13-14H,4-12H2,1-3H3;1H2;1H. The van der Waals surface area contributed by atoms with Gasteiger partial charge in [0.15, 0.2) is 0 Å². The summed E-state index contributed by atoms with van der Waals surface area (Å²) in [5.74, 6) is 0.833. The summed E-state index contributed by atoms with van der Waals surface area (Å²) in [5, 5.41) is 3.21. The van der Waals surface area contributed by atoms with Gasteiger partial charge in [0.1, 0.15) is 0 Å². The van der Waals surface area contributed by atoms with Gasteiger partial charge in [-0.3, -0.25) is 0 Å². The fraction of sp³-hybridized carbons (Fsp3) is 1.00. The molecule has 0 aromatic heterocycles. The molecule has 0 aliphatic rings. The Morgan fingerprint density at radius 3 is 2.29 bits per heavy atom. The van der Waals surface area contributed by atoms with Crippen LogP contribution >= 0.6 is 13.5 Å². The maximum Gasteiger partial charge on any atom is 0.0701 e. The van der Waals surface area contributed by atoms with E-state index >= 15 is 0 Å². The van der Waals surface area contributed by atoms with Gasteiger partial charge in [0.05, 0.1) is 19.8 Å². The van der Waals surface area contributed by atoms with Crippen molar-refractivity contribution in [1.29, 1.82) is 0 Å². The average Bonchev–Trinajstić information content (AvgIpc) is 2.31. The number of ether oxygens (including phenoxy) is 2. The molecule has 0 aromatic carbocycles. The van der Waals surface area contributed by atoms with E-state index in [0.29, 0.717) is 6.61 Å². The minimum atomic E-state index is 0. The molecule has 1 atom stereocenters. The average molecular weight is 267 g/mol. The number of nitrogens with one attached hydrogen (secondary N) is 1. The van der Waals surface area contributed by atoms with Gasteiger partial charge in [-0.2, -0.15) is 13.5 Å². The summed E-state index contributed by atoms with van der Waals surface area (Å²) in [5.41, 5.74) is 0. The van der Waals surface area contributed by atoms with E-state index in [1.807, 2.05) is 0 Å². The van der Waals surface area contributed by atoms with Crippen LogP contribution in [0.5, 0.6) is 0 Å². The second-order valence-electron chi connectivity index (χ2n) is 4.23. The number of hydrogen-bond acceptors (Lipinski definition) is 3. The van der Waals surface area contributed by atoms with Gasteiger partial charge in [-0.25, -0.2) is 0 Å². The van der Waals surface area contributed by atoms with Gasteiger partial charge in [0.2, 0.25) is 0 Å². The van der Waals surface area contributed by atoms with Crippen LogP contribution in [0, 0.1) is 5.92 Å². The molecule has 108 valence electrons. The van der Waals surface area contributed by atoms with Crippen molar-refractivity contribution in [3.63, 3.8) is 0 Å². The van der Waals surface area contributed by atoms with E-state index in [1.165, 1.54) is 19.3 Å². The Balaban J connectivity index is -0.00000112. The summed E-state index contributed by atoms with van der Waals surface area (Å²) < 4.78 is 10.9. The summed E-state index contributed by atoms with van der Waals surface area (Å²) in [6.07, 6.45) is 3.72. The highest BCUT2D eigenvalue weighted by Crippen LogP contribution is 2.08. The first-order valence-corrected chi connectivity index (χ1v) is 6.67. The maximum atomic E-state index is 5.49. The highest BCUT2D eigenvalue weighted by Gasteiger charge is 1.97. The lowest BCUT2D eigenvalue weighted by molar-refractivity contribution is 0.0466. The second kappa shape index (κ2) is 16.2. The topological polar surface area (TPSA) is 30.5 Å². The molecular weight excluding hydrogens is 234 g/mol. The summed E-state index contributed by atoms with van der Waals surface area (Å²) in [6.45, 7) is 11.7. The lowest BCUT2D eigenvalue weighted by Crippen LogP contribution is -2.20. The number of likely N-dealkylation sites (N-methyl/N-ethyl adjacent to an activating group) is 1. The van der Waals surface area contributed by atoms with E-state index in [9.17, 15) is 0 Å². The predicted octanol–water partition coefficient (Wildman–Crippen LogP) is 2.81. The highest BCUT2D eigenvalue weighted by molar-refractivity contribution is 7.59. The Morgan fingerprint density at radius 2 is 1.71 bits per heavy atom. The van der Waals surface area contributed by atoms with Gasteiger partial charge in [0.25, 0.3) is 0 Å². The van der Waals surface area contributed by atoms with Crippen LogP contribution in [0.4, 0.5) is 0 Å². The zero-order valence-electron chi connectivity index (χ0n) is 11.8. The lowest BCUT2D eigenvalue weighted by atomic mass is 10.0. The van der Waals surface area contributed by atoms with E-state index in [2.05, 4.69) is 26.1 Å². The Kier molecular flexibility index (Phi) is 18.7. The van der Waals surface area contributed by atoms with Crippen molar-refractivity contribution in [3.05, 3.63) is 0 Å². The first-order valence-electron chi connectivity index (χ1n) is 6.67. The fourth-order valence-electron chi connectivity index (χ4n) is 1.38. The predicted molar refractivity (Wildman–Crippen MR) is 81.4 cm³/mol. The molecule has 0 saturated carbocycles. The Bertz CT molecular complexity index is 142. The van der Waals surface area contributed by atoms with E-state index in [-0.39, 0.29) is 14.9 Å². The Hall–Kier alpha value is 0.230. The molecule has 0 saturated heterocycles. The van der Waals surface area contributed by atoms with Gasteiger partial charge in [-0.15, -0.1) is 0 Å². The molecule has 0 amide bonds. The zero-order valence-corrected chi connectivity index (χ0v) is 12.8. The van der Waals surface area contributed by atoms with Gasteiger partial charge >= 0.3 is 0 Å². The normalized spacial score (nSPS) is 12.2. The molecule has 0 spiro atoms. The second-order valence-corrected chi connectivity index (χ2v) is 4.23. The number of rotatable bonds is 12. The van der Waals surface area contributed by atoms with Crippen molar-refractivity contribution in [1.82, 2.24) is 5.32 Å². The van der Waals surface area contributed by atoms with Crippen LogP contribution in [-0.2, 0) is 9.47 Å². The minimum Gasteiger partial charge on any atom is -0.379 e. The van der Waals surface area contributed by atoms with Crippen LogP contribution in [0.2, 0.25) is 0 Å². The molecule has 1 unspecified atom stereocenters. The van der Waals surface area contributed by atoms with Crippen LogP contribution in [0.15, 0.2) is 0 Å².